The van der Waals surface area contributed by atoms with Crippen molar-refractivity contribution in [3.05, 3.63) is 59.9 Å². The highest BCUT2D eigenvalue weighted by molar-refractivity contribution is 5.80. The van der Waals surface area contributed by atoms with Gasteiger partial charge in [0, 0.05) is 31.1 Å². The summed E-state index contributed by atoms with van der Waals surface area (Å²) in [5.74, 6) is 0.712. The highest BCUT2D eigenvalue weighted by Gasteiger charge is 2.43. The SMILES string of the molecule is O=C(Cc1ccc(C(F)(F)F)cc1)N1C2CCC1CC(Oc1cccnc1)C2. The molecule has 4 nitrogen and oxygen atoms in total. The number of ether oxygens (including phenoxy) is 1. The molecule has 4 rings (SSSR count). The van der Waals surface area contributed by atoms with Crippen molar-refractivity contribution in [2.75, 3.05) is 0 Å². The number of carbonyl (C=O) groups excluding carboxylic acids is 1. The van der Waals surface area contributed by atoms with E-state index >= 15 is 0 Å². The van der Waals surface area contributed by atoms with Crippen LogP contribution < -0.4 is 4.74 Å². The smallest absolute Gasteiger partial charge is 0.416 e. The molecular weight excluding hydrogens is 369 g/mol. The van der Waals surface area contributed by atoms with Gasteiger partial charge in [-0.3, -0.25) is 9.78 Å². The van der Waals surface area contributed by atoms with E-state index in [-0.39, 0.29) is 30.5 Å². The van der Waals surface area contributed by atoms with E-state index in [0.717, 1.165) is 43.6 Å². The monoisotopic (exact) mass is 390 g/mol. The molecule has 148 valence electrons. The van der Waals surface area contributed by atoms with E-state index in [2.05, 4.69) is 4.98 Å². The van der Waals surface area contributed by atoms with Crippen molar-refractivity contribution in [1.82, 2.24) is 9.88 Å². The Hall–Kier alpha value is -2.57. The van der Waals surface area contributed by atoms with Crippen LogP contribution >= 0.6 is 0 Å². The third-order valence-corrected chi connectivity index (χ3v) is 5.55. The van der Waals surface area contributed by atoms with Gasteiger partial charge in [-0.1, -0.05) is 12.1 Å². The third kappa shape index (κ3) is 3.98. The number of hydrogen-bond acceptors (Lipinski definition) is 3. The number of fused-ring (bicyclic) bond motifs is 2. The summed E-state index contributed by atoms with van der Waals surface area (Å²) in [4.78, 5) is 18.8. The van der Waals surface area contributed by atoms with E-state index in [4.69, 9.17) is 4.74 Å². The fourth-order valence-electron chi connectivity index (χ4n) is 4.32. The molecule has 2 saturated heterocycles. The lowest BCUT2D eigenvalue weighted by Crippen LogP contribution is -2.49. The summed E-state index contributed by atoms with van der Waals surface area (Å²) in [7, 11) is 0. The first-order chi connectivity index (χ1) is 13.4. The Bertz CT molecular complexity index is 810. The van der Waals surface area contributed by atoms with Crippen LogP contribution in [0.5, 0.6) is 5.75 Å². The van der Waals surface area contributed by atoms with Crippen molar-refractivity contribution in [2.45, 2.75) is 56.5 Å². The first-order valence-electron chi connectivity index (χ1n) is 9.44. The van der Waals surface area contributed by atoms with Gasteiger partial charge in [-0.05, 0) is 42.7 Å². The number of pyridine rings is 1. The number of benzene rings is 1. The minimum Gasteiger partial charge on any atom is -0.489 e. The average molecular weight is 390 g/mol. The van der Waals surface area contributed by atoms with Crippen molar-refractivity contribution in [3.63, 3.8) is 0 Å². The third-order valence-electron chi connectivity index (χ3n) is 5.55. The standard InChI is InChI=1S/C21H21F3N2O2/c22-21(23,24)15-5-3-14(4-6-15)10-20(27)26-16-7-8-17(26)12-19(11-16)28-18-2-1-9-25-13-18/h1-6,9,13,16-17,19H,7-8,10-12H2. The number of amides is 1. The number of carbonyl (C=O) groups is 1. The molecule has 0 radical (unpaired) electrons. The fraction of sp³-hybridized carbons (Fsp3) is 0.429. The Balaban J connectivity index is 1.38. The number of nitrogens with zero attached hydrogens (tertiary/aromatic N) is 2. The maximum Gasteiger partial charge on any atom is 0.416 e. The zero-order valence-electron chi connectivity index (χ0n) is 15.2. The zero-order chi connectivity index (χ0) is 19.7. The Labute approximate surface area is 161 Å². The molecule has 2 bridgehead atoms. The van der Waals surface area contributed by atoms with Gasteiger partial charge in [-0.15, -0.1) is 0 Å². The molecule has 2 fully saturated rings. The molecular formula is C21H21F3N2O2. The van der Waals surface area contributed by atoms with E-state index in [9.17, 15) is 18.0 Å². The molecule has 28 heavy (non-hydrogen) atoms. The summed E-state index contributed by atoms with van der Waals surface area (Å²) in [6.45, 7) is 0. The molecule has 0 N–H and O–H groups in total. The Kier molecular flexibility index (Phi) is 5.00. The van der Waals surface area contributed by atoms with Gasteiger partial charge in [0.2, 0.25) is 5.91 Å². The lowest BCUT2D eigenvalue weighted by Gasteiger charge is -2.39. The largest absolute Gasteiger partial charge is 0.489 e. The van der Waals surface area contributed by atoms with Crippen LogP contribution in [0.25, 0.3) is 0 Å². The van der Waals surface area contributed by atoms with Gasteiger partial charge in [-0.25, -0.2) is 0 Å². The van der Waals surface area contributed by atoms with Crippen LogP contribution in [0, 0.1) is 0 Å². The normalized spacial score (nSPS) is 24.2. The summed E-state index contributed by atoms with van der Waals surface area (Å²) in [5, 5.41) is 0. The van der Waals surface area contributed by atoms with Crippen molar-refractivity contribution < 1.29 is 22.7 Å². The Morgan fingerprint density at radius 2 is 1.79 bits per heavy atom. The molecule has 2 unspecified atom stereocenters. The average Bonchev–Trinajstić information content (AvgIpc) is 2.93. The van der Waals surface area contributed by atoms with E-state index in [0.29, 0.717) is 5.56 Å². The summed E-state index contributed by atoms with van der Waals surface area (Å²) >= 11 is 0. The van der Waals surface area contributed by atoms with Gasteiger partial charge in [-0.2, -0.15) is 13.2 Å². The molecule has 0 saturated carbocycles. The number of alkyl halides is 3. The summed E-state index contributed by atoms with van der Waals surface area (Å²) in [6.07, 6.45) is 2.61. The zero-order valence-corrected chi connectivity index (χ0v) is 15.2. The second kappa shape index (κ2) is 7.45. The van der Waals surface area contributed by atoms with Crippen LogP contribution in [0.1, 0.15) is 36.8 Å². The van der Waals surface area contributed by atoms with Crippen LogP contribution in [0.15, 0.2) is 48.8 Å². The van der Waals surface area contributed by atoms with Crippen molar-refractivity contribution in [3.8, 4) is 5.75 Å². The van der Waals surface area contributed by atoms with Crippen LogP contribution in [0.4, 0.5) is 13.2 Å². The number of aromatic nitrogens is 1. The number of hydrogen-bond donors (Lipinski definition) is 0. The van der Waals surface area contributed by atoms with Crippen LogP contribution in [-0.4, -0.2) is 34.0 Å². The van der Waals surface area contributed by atoms with Gasteiger partial charge >= 0.3 is 6.18 Å². The maximum atomic E-state index is 12.8. The molecule has 3 heterocycles. The fourth-order valence-corrected chi connectivity index (χ4v) is 4.32. The number of rotatable bonds is 4. The quantitative estimate of drug-likeness (QED) is 0.784. The first kappa shape index (κ1) is 18.8. The van der Waals surface area contributed by atoms with E-state index < -0.39 is 11.7 Å². The van der Waals surface area contributed by atoms with Crippen LogP contribution in [0.2, 0.25) is 0 Å². The van der Waals surface area contributed by atoms with Gasteiger partial charge in [0.15, 0.2) is 0 Å². The molecule has 1 amide bonds. The van der Waals surface area contributed by atoms with Gasteiger partial charge in [0.05, 0.1) is 18.2 Å². The maximum absolute atomic E-state index is 12.8. The predicted octanol–water partition coefficient (Wildman–Crippen LogP) is 4.24. The minimum absolute atomic E-state index is 0.0212. The first-order valence-corrected chi connectivity index (χ1v) is 9.44. The van der Waals surface area contributed by atoms with Crippen LogP contribution in [-0.2, 0) is 17.4 Å². The Morgan fingerprint density at radius 1 is 1.11 bits per heavy atom. The molecule has 0 aliphatic carbocycles. The lowest BCUT2D eigenvalue weighted by molar-refractivity contribution is -0.137. The number of piperidine rings is 1. The predicted molar refractivity (Wildman–Crippen MR) is 96.7 cm³/mol. The van der Waals surface area contributed by atoms with E-state index in [1.807, 2.05) is 17.0 Å². The number of halogens is 3. The molecule has 2 aliphatic heterocycles. The second-order valence-electron chi connectivity index (χ2n) is 7.46. The van der Waals surface area contributed by atoms with Gasteiger partial charge in [0.1, 0.15) is 11.9 Å². The Morgan fingerprint density at radius 3 is 2.36 bits per heavy atom. The van der Waals surface area contributed by atoms with Crippen molar-refractivity contribution >= 4 is 5.91 Å². The highest BCUT2D eigenvalue weighted by atomic mass is 19.4. The highest BCUT2D eigenvalue weighted by Crippen LogP contribution is 2.38. The summed E-state index contributed by atoms with van der Waals surface area (Å²) in [6, 6.07) is 8.80. The van der Waals surface area contributed by atoms with Crippen LogP contribution in [0.3, 0.4) is 0 Å². The topological polar surface area (TPSA) is 42.4 Å². The second-order valence-corrected chi connectivity index (χ2v) is 7.46. The van der Waals surface area contributed by atoms with Crippen molar-refractivity contribution in [1.29, 1.82) is 0 Å². The molecule has 0 spiro atoms. The molecule has 1 aromatic heterocycles. The van der Waals surface area contributed by atoms with Gasteiger partial charge in [0.25, 0.3) is 0 Å². The molecule has 2 aliphatic rings. The van der Waals surface area contributed by atoms with E-state index in [1.165, 1.54) is 12.1 Å². The van der Waals surface area contributed by atoms with E-state index in [1.54, 1.807) is 12.4 Å². The van der Waals surface area contributed by atoms with Gasteiger partial charge < -0.3 is 9.64 Å². The molecule has 2 aromatic rings. The lowest BCUT2D eigenvalue weighted by atomic mass is 9.98. The van der Waals surface area contributed by atoms with Crippen molar-refractivity contribution in [2.24, 2.45) is 0 Å². The summed E-state index contributed by atoms with van der Waals surface area (Å²) in [5.41, 5.74) is -0.0942. The molecule has 2 atom stereocenters. The summed E-state index contributed by atoms with van der Waals surface area (Å²) < 4.78 is 44.1. The molecule has 1 aromatic carbocycles. The molecule has 7 heteroatoms. The minimum atomic E-state index is -4.36.